The van der Waals surface area contributed by atoms with Gasteiger partial charge in [0, 0.05) is 33.1 Å². The lowest BCUT2D eigenvalue weighted by Gasteiger charge is -2.27. The van der Waals surface area contributed by atoms with Gasteiger partial charge >= 0.3 is 0 Å². The summed E-state index contributed by atoms with van der Waals surface area (Å²) in [6.45, 7) is 0. The van der Waals surface area contributed by atoms with Crippen LogP contribution in [0.25, 0.3) is 65.7 Å². The number of nitrogens with zero attached hydrogens (tertiary/aromatic N) is 1. The molecule has 9 rings (SSSR count). The van der Waals surface area contributed by atoms with Crippen LogP contribution in [0.3, 0.4) is 0 Å². The first-order valence-electron chi connectivity index (χ1n) is 15.7. The number of rotatable bonds is 5. The van der Waals surface area contributed by atoms with E-state index in [-0.39, 0.29) is 0 Å². The number of anilines is 3. The summed E-state index contributed by atoms with van der Waals surface area (Å²) in [7, 11) is 0. The molecule has 1 heterocycles. The molecule has 8 aromatic carbocycles. The van der Waals surface area contributed by atoms with Crippen molar-refractivity contribution in [1.29, 1.82) is 0 Å². The second-order valence-electron chi connectivity index (χ2n) is 11.7. The van der Waals surface area contributed by atoms with Gasteiger partial charge in [0.2, 0.25) is 0 Å². The van der Waals surface area contributed by atoms with Crippen LogP contribution in [0, 0.1) is 0 Å². The second-order valence-corrected chi connectivity index (χ2v) is 11.7. The van der Waals surface area contributed by atoms with Gasteiger partial charge in [0.15, 0.2) is 0 Å². The Morgan fingerprint density at radius 2 is 0.978 bits per heavy atom. The van der Waals surface area contributed by atoms with Crippen molar-refractivity contribution in [2.24, 2.45) is 0 Å². The van der Waals surface area contributed by atoms with Crippen LogP contribution in [0.15, 0.2) is 180 Å². The van der Waals surface area contributed by atoms with Crippen LogP contribution < -0.4 is 4.90 Å². The molecular formula is C44H29NO. The Kier molecular flexibility index (Phi) is 6.17. The Balaban J connectivity index is 1.19. The van der Waals surface area contributed by atoms with Gasteiger partial charge in [-0.25, -0.2) is 0 Å². The van der Waals surface area contributed by atoms with Crippen molar-refractivity contribution in [3.8, 4) is 22.3 Å². The van der Waals surface area contributed by atoms with E-state index in [2.05, 4.69) is 169 Å². The minimum absolute atomic E-state index is 0.911. The fourth-order valence-electron chi connectivity index (χ4n) is 6.87. The highest BCUT2D eigenvalue weighted by atomic mass is 16.3. The van der Waals surface area contributed by atoms with E-state index in [1.165, 1.54) is 27.1 Å². The minimum Gasteiger partial charge on any atom is -0.455 e. The van der Waals surface area contributed by atoms with E-state index in [9.17, 15) is 0 Å². The lowest BCUT2D eigenvalue weighted by molar-refractivity contribution is 0.670. The molecule has 2 heteroatoms. The highest BCUT2D eigenvalue weighted by Gasteiger charge is 2.18. The highest BCUT2D eigenvalue weighted by Crippen LogP contribution is 2.43. The Morgan fingerprint density at radius 1 is 0.370 bits per heavy atom. The van der Waals surface area contributed by atoms with Gasteiger partial charge in [0.25, 0.3) is 0 Å². The van der Waals surface area contributed by atoms with E-state index in [1.807, 2.05) is 12.1 Å². The van der Waals surface area contributed by atoms with Gasteiger partial charge < -0.3 is 9.32 Å². The molecule has 1 aromatic heterocycles. The number of hydrogen-bond donors (Lipinski definition) is 0. The Labute approximate surface area is 267 Å². The normalized spacial score (nSPS) is 11.5. The van der Waals surface area contributed by atoms with Crippen LogP contribution in [-0.4, -0.2) is 0 Å². The van der Waals surface area contributed by atoms with Crippen LogP contribution in [0.2, 0.25) is 0 Å². The van der Waals surface area contributed by atoms with E-state index < -0.39 is 0 Å². The third-order valence-electron chi connectivity index (χ3n) is 9.06. The molecule has 0 spiro atoms. The van der Waals surface area contributed by atoms with Crippen molar-refractivity contribution < 1.29 is 4.42 Å². The lowest BCUT2D eigenvalue weighted by atomic mass is 9.93. The first-order valence-corrected chi connectivity index (χ1v) is 15.7. The average Bonchev–Trinajstić information content (AvgIpc) is 3.51. The summed E-state index contributed by atoms with van der Waals surface area (Å²) in [5, 5.41) is 7.16. The molecule has 216 valence electrons. The fourth-order valence-corrected chi connectivity index (χ4v) is 6.87. The average molecular weight is 588 g/mol. The molecule has 2 nitrogen and oxygen atoms in total. The largest absolute Gasteiger partial charge is 0.455 e. The zero-order valence-corrected chi connectivity index (χ0v) is 25.1. The molecule has 0 saturated heterocycles. The molecule has 0 aliphatic rings. The van der Waals surface area contributed by atoms with E-state index >= 15 is 0 Å². The molecule has 0 amide bonds. The number of fused-ring (bicyclic) bond motifs is 5. The zero-order valence-electron chi connectivity index (χ0n) is 25.1. The first kappa shape index (κ1) is 26.3. The number of hydrogen-bond acceptors (Lipinski definition) is 2. The van der Waals surface area contributed by atoms with Gasteiger partial charge in [-0.15, -0.1) is 0 Å². The maximum absolute atomic E-state index is 6.44. The highest BCUT2D eigenvalue weighted by molar-refractivity contribution is 6.10. The van der Waals surface area contributed by atoms with Gasteiger partial charge in [-0.2, -0.15) is 0 Å². The maximum atomic E-state index is 6.44. The van der Waals surface area contributed by atoms with Gasteiger partial charge in [0.1, 0.15) is 11.2 Å². The molecular weight excluding hydrogens is 558 g/mol. The zero-order chi connectivity index (χ0) is 30.5. The first-order chi connectivity index (χ1) is 22.8. The third-order valence-corrected chi connectivity index (χ3v) is 9.06. The summed E-state index contributed by atoms with van der Waals surface area (Å²) < 4.78 is 6.44. The molecule has 0 radical (unpaired) electrons. The SMILES string of the molecule is c1ccc(-c2cccc3c2oc2ccccc23)c(-c2ccc(N(c3ccc4ccccc4c3)c3cccc4ccccc34)cc2)c1. The lowest BCUT2D eigenvalue weighted by Crippen LogP contribution is -2.10. The monoisotopic (exact) mass is 587 g/mol. The molecule has 0 bridgehead atoms. The molecule has 0 unspecified atom stereocenters. The van der Waals surface area contributed by atoms with E-state index in [0.717, 1.165) is 55.7 Å². The molecule has 0 atom stereocenters. The van der Waals surface area contributed by atoms with Crippen LogP contribution in [0.4, 0.5) is 17.1 Å². The summed E-state index contributed by atoms with van der Waals surface area (Å²) >= 11 is 0. The van der Waals surface area contributed by atoms with E-state index in [4.69, 9.17) is 4.42 Å². The molecule has 0 saturated carbocycles. The predicted molar refractivity (Wildman–Crippen MR) is 194 cm³/mol. The Bertz CT molecular complexity index is 2530. The second kappa shape index (κ2) is 10.8. The van der Waals surface area contributed by atoms with E-state index in [1.54, 1.807) is 0 Å². The molecule has 9 aromatic rings. The number of furan rings is 1. The van der Waals surface area contributed by atoms with Crippen LogP contribution in [0.1, 0.15) is 0 Å². The Morgan fingerprint density at radius 3 is 1.85 bits per heavy atom. The predicted octanol–water partition coefficient (Wildman–Crippen LogP) is 12.7. The smallest absolute Gasteiger partial charge is 0.143 e. The van der Waals surface area contributed by atoms with Crippen LogP contribution in [-0.2, 0) is 0 Å². The van der Waals surface area contributed by atoms with Crippen molar-refractivity contribution in [2.45, 2.75) is 0 Å². The Hall–Kier alpha value is -6.12. The summed E-state index contributed by atoms with van der Waals surface area (Å²) in [6.07, 6.45) is 0. The maximum Gasteiger partial charge on any atom is 0.143 e. The van der Waals surface area contributed by atoms with Gasteiger partial charge in [0.05, 0.1) is 5.69 Å². The summed E-state index contributed by atoms with van der Waals surface area (Å²) in [5.74, 6) is 0. The summed E-state index contributed by atoms with van der Waals surface area (Å²) in [6, 6.07) is 62.7. The number of para-hydroxylation sites is 2. The molecule has 0 aliphatic carbocycles. The van der Waals surface area contributed by atoms with E-state index in [0.29, 0.717) is 0 Å². The van der Waals surface area contributed by atoms with Crippen LogP contribution in [0.5, 0.6) is 0 Å². The quantitative estimate of drug-likeness (QED) is 0.199. The van der Waals surface area contributed by atoms with Crippen molar-refractivity contribution in [1.82, 2.24) is 0 Å². The standard InChI is InChI=1S/C44H29NO/c1-2-13-33-29-35(28-23-30(33)11-1)45(42-21-9-14-31-12-3-4-16-37(31)42)34-26-24-32(25-27-34)36-15-5-6-17-38(36)40-19-10-20-41-39-18-7-8-22-43(39)46-44(40)41/h1-29H. The molecule has 0 aliphatic heterocycles. The third kappa shape index (κ3) is 4.35. The van der Waals surface area contributed by atoms with Crippen molar-refractivity contribution in [3.05, 3.63) is 176 Å². The van der Waals surface area contributed by atoms with Crippen LogP contribution >= 0.6 is 0 Å². The fraction of sp³-hybridized carbons (Fsp3) is 0. The summed E-state index contributed by atoms with van der Waals surface area (Å²) in [4.78, 5) is 2.37. The number of benzene rings is 8. The van der Waals surface area contributed by atoms with Crippen molar-refractivity contribution >= 4 is 60.5 Å². The molecule has 46 heavy (non-hydrogen) atoms. The van der Waals surface area contributed by atoms with Gasteiger partial charge in [-0.1, -0.05) is 140 Å². The van der Waals surface area contributed by atoms with Crippen molar-refractivity contribution in [3.63, 3.8) is 0 Å². The molecule has 0 fully saturated rings. The van der Waals surface area contributed by atoms with Gasteiger partial charge in [-0.05, 0) is 69.2 Å². The summed E-state index contributed by atoms with van der Waals surface area (Å²) in [5.41, 5.74) is 9.79. The topological polar surface area (TPSA) is 16.4 Å². The minimum atomic E-state index is 0.911. The van der Waals surface area contributed by atoms with Crippen molar-refractivity contribution in [2.75, 3.05) is 4.90 Å². The molecule has 0 N–H and O–H groups in total. The van der Waals surface area contributed by atoms with Gasteiger partial charge in [-0.3, -0.25) is 0 Å².